The topological polar surface area (TPSA) is 61.5 Å². The van der Waals surface area contributed by atoms with Crippen LogP contribution in [0.1, 0.15) is 18.1 Å². The molecule has 0 aromatic heterocycles. The first-order valence-corrected chi connectivity index (χ1v) is 5.67. The normalized spacial score (nSPS) is 12.0. The smallest absolute Gasteiger partial charge is 0.326 e. The van der Waals surface area contributed by atoms with Crippen molar-refractivity contribution in [3.63, 3.8) is 0 Å². The van der Waals surface area contributed by atoms with Gasteiger partial charge in [0.1, 0.15) is 18.4 Å². The highest BCUT2D eigenvalue weighted by Gasteiger charge is 2.15. The van der Waals surface area contributed by atoms with Gasteiger partial charge in [-0.2, -0.15) is 0 Å². The lowest BCUT2D eigenvalue weighted by Gasteiger charge is -2.14. The Labute approximate surface area is 102 Å². The fraction of sp³-hybridized carbons (Fsp3) is 0.462. The summed E-state index contributed by atoms with van der Waals surface area (Å²) in [5.41, 5.74) is 7.77. The van der Waals surface area contributed by atoms with Gasteiger partial charge in [-0.3, -0.25) is 4.79 Å². The maximum Gasteiger partial charge on any atom is 0.326 e. The largest absolute Gasteiger partial charge is 0.491 e. The third kappa shape index (κ3) is 4.07. The van der Waals surface area contributed by atoms with Crippen LogP contribution in [0.25, 0.3) is 0 Å². The summed E-state index contributed by atoms with van der Waals surface area (Å²) in [6.45, 7) is 6.14. The van der Waals surface area contributed by atoms with Gasteiger partial charge in [-0.25, -0.2) is 0 Å². The highest BCUT2D eigenvalue weighted by atomic mass is 16.5. The number of esters is 1. The number of nitrogens with two attached hydrogens (primary N) is 1. The van der Waals surface area contributed by atoms with Crippen LogP contribution in [0.3, 0.4) is 0 Å². The minimum absolute atomic E-state index is 0.128. The third-order valence-corrected chi connectivity index (χ3v) is 2.35. The molecule has 0 radical (unpaired) electrons. The van der Waals surface area contributed by atoms with E-state index in [1.807, 2.05) is 32.0 Å². The number of aryl methyl sites for hydroxylation is 2. The molecular formula is C13H19NO3. The maximum absolute atomic E-state index is 11.3. The first kappa shape index (κ1) is 13.5. The van der Waals surface area contributed by atoms with Crippen molar-refractivity contribution in [3.8, 4) is 5.75 Å². The van der Waals surface area contributed by atoms with E-state index >= 15 is 0 Å². The Morgan fingerprint density at radius 3 is 2.76 bits per heavy atom. The van der Waals surface area contributed by atoms with Crippen molar-refractivity contribution in [3.05, 3.63) is 29.3 Å². The van der Waals surface area contributed by atoms with Crippen molar-refractivity contribution in [2.45, 2.75) is 26.8 Å². The average molecular weight is 237 g/mol. The molecule has 0 aliphatic rings. The van der Waals surface area contributed by atoms with Gasteiger partial charge < -0.3 is 15.2 Å². The lowest BCUT2D eigenvalue weighted by Crippen LogP contribution is -2.37. The van der Waals surface area contributed by atoms with Crippen molar-refractivity contribution < 1.29 is 14.3 Å². The Balaban J connectivity index is 2.55. The van der Waals surface area contributed by atoms with Crippen LogP contribution in [0.4, 0.5) is 0 Å². The minimum atomic E-state index is -0.741. The van der Waals surface area contributed by atoms with Crippen LogP contribution < -0.4 is 10.5 Å². The van der Waals surface area contributed by atoms with E-state index < -0.39 is 12.0 Å². The molecule has 0 heterocycles. The van der Waals surface area contributed by atoms with E-state index in [9.17, 15) is 4.79 Å². The molecule has 0 saturated carbocycles. The molecule has 0 fully saturated rings. The number of benzene rings is 1. The van der Waals surface area contributed by atoms with Gasteiger partial charge in [-0.05, 0) is 38.0 Å². The molecule has 4 heteroatoms. The fourth-order valence-electron chi connectivity index (χ4n) is 1.36. The predicted molar refractivity (Wildman–Crippen MR) is 66.0 cm³/mol. The Hall–Kier alpha value is -1.55. The van der Waals surface area contributed by atoms with Gasteiger partial charge in [-0.15, -0.1) is 0 Å². The predicted octanol–water partition coefficient (Wildman–Crippen LogP) is 1.57. The summed E-state index contributed by atoms with van der Waals surface area (Å²) in [5.74, 6) is 0.322. The summed E-state index contributed by atoms with van der Waals surface area (Å²) in [4.78, 5) is 11.3. The molecule has 0 amide bonds. The molecule has 0 aliphatic carbocycles. The number of hydrogen-bond acceptors (Lipinski definition) is 4. The third-order valence-electron chi connectivity index (χ3n) is 2.35. The van der Waals surface area contributed by atoms with Gasteiger partial charge in [0.05, 0.1) is 6.61 Å². The summed E-state index contributed by atoms with van der Waals surface area (Å²) in [6.07, 6.45) is 0. The molecule has 1 atom stereocenters. The molecular weight excluding hydrogens is 218 g/mol. The van der Waals surface area contributed by atoms with Crippen molar-refractivity contribution in [1.29, 1.82) is 0 Å². The van der Waals surface area contributed by atoms with Crippen LogP contribution in [-0.4, -0.2) is 25.2 Å². The number of hydrogen-bond donors (Lipinski definition) is 1. The molecule has 1 aromatic carbocycles. The van der Waals surface area contributed by atoms with Gasteiger partial charge in [0.25, 0.3) is 0 Å². The monoisotopic (exact) mass is 237 g/mol. The van der Waals surface area contributed by atoms with Gasteiger partial charge in [0, 0.05) is 0 Å². The van der Waals surface area contributed by atoms with Crippen LogP contribution in [0.5, 0.6) is 5.75 Å². The lowest BCUT2D eigenvalue weighted by atomic mass is 10.1. The number of ether oxygens (including phenoxy) is 2. The molecule has 0 aliphatic heterocycles. The van der Waals surface area contributed by atoms with Gasteiger partial charge in [-0.1, -0.05) is 12.1 Å². The minimum Gasteiger partial charge on any atom is -0.491 e. The van der Waals surface area contributed by atoms with Crippen molar-refractivity contribution in [1.82, 2.24) is 0 Å². The Kier molecular flexibility index (Phi) is 4.97. The van der Waals surface area contributed by atoms with Crippen LogP contribution in [-0.2, 0) is 9.53 Å². The second kappa shape index (κ2) is 6.25. The number of carbonyl (C=O) groups excluding carboxylic acids is 1. The SMILES string of the molecule is CCOC(=O)C(N)COc1cc(C)ccc1C. The molecule has 17 heavy (non-hydrogen) atoms. The second-order valence-corrected chi connectivity index (χ2v) is 3.94. The molecule has 1 aromatic rings. The zero-order chi connectivity index (χ0) is 12.8. The zero-order valence-electron chi connectivity index (χ0n) is 10.5. The average Bonchev–Trinajstić information content (AvgIpc) is 2.30. The molecule has 0 spiro atoms. The number of rotatable bonds is 5. The van der Waals surface area contributed by atoms with Gasteiger partial charge >= 0.3 is 5.97 Å². The summed E-state index contributed by atoms with van der Waals surface area (Å²) >= 11 is 0. The van der Waals surface area contributed by atoms with E-state index in [2.05, 4.69) is 0 Å². The molecule has 0 saturated heterocycles. The Morgan fingerprint density at radius 1 is 1.41 bits per heavy atom. The van der Waals surface area contributed by atoms with E-state index in [1.165, 1.54) is 0 Å². The maximum atomic E-state index is 11.3. The second-order valence-electron chi connectivity index (χ2n) is 3.94. The summed E-state index contributed by atoms with van der Waals surface area (Å²) in [6, 6.07) is 5.16. The summed E-state index contributed by atoms with van der Waals surface area (Å²) in [5, 5.41) is 0. The van der Waals surface area contributed by atoms with E-state index in [0.717, 1.165) is 16.9 Å². The van der Waals surface area contributed by atoms with E-state index in [0.29, 0.717) is 6.61 Å². The molecule has 1 unspecified atom stereocenters. The van der Waals surface area contributed by atoms with E-state index in [4.69, 9.17) is 15.2 Å². The van der Waals surface area contributed by atoms with Crippen LogP contribution >= 0.6 is 0 Å². The molecule has 0 bridgehead atoms. The van der Waals surface area contributed by atoms with Crippen LogP contribution in [0.15, 0.2) is 18.2 Å². The van der Waals surface area contributed by atoms with E-state index in [1.54, 1.807) is 6.92 Å². The molecule has 1 rings (SSSR count). The van der Waals surface area contributed by atoms with Crippen molar-refractivity contribution in [2.24, 2.45) is 5.73 Å². The molecule has 94 valence electrons. The van der Waals surface area contributed by atoms with E-state index in [-0.39, 0.29) is 6.61 Å². The molecule has 4 nitrogen and oxygen atoms in total. The highest BCUT2D eigenvalue weighted by Crippen LogP contribution is 2.19. The highest BCUT2D eigenvalue weighted by molar-refractivity contribution is 5.75. The summed E-state index contributed by atoms with van der Waals surface area (Å²) in [7, 11) is 0. The first-order valence-electron chi connectivity index (χ1n) is 5.67. The quantitative estimate of drug-likeness (QED) is 0.790. The fourth-order valence-corrected chi connectivity index (χ4v) is 1.36. The number of carbonyl (C=O) groups is 1. The van der Waals surface area contributed by atoms with Gasteiger partial charge in [0.2, 0.25) is 0 Å². The van der Waals surface area contributed by atoms with Gasteiger partial charge in [0.15, 0.2) is 0 Å². The van der Waals surface area contributed by atoms with Crippen LogP contribution in [0, 0.1) is 13.8 Å². The lowest BCUT2D eigenvalue weighted by molar-refractivity contribution is -0.145. The summed E-state index contributed by atoms with van der Waals surface area (Å²) < 4.78 is 10.3. The Morgan fingerprint density at radius 2 is 2.12 bits per heavy atom. The first-order chi connectivity index (χ1) is 8.04. The van der Waals surface area contributed by atoms with Crippen LogP contribution in [0.2, 0.25) is 0 Å². The van der Waals surface area contributed by atoms with Crippen molar-refractivity contribution >= 4 is 5.97 Å². The zero-order valence-corrected chi connectivity index (χ0v) is 10.5. The Bertz CT molecular complexity index is 390. The molecule has 2 N–H and O–H groups in total. The standard InChI is InChI=1S/C13H19NO3/c1-4-16-13(15)11(14)8-17-12-7-9(2)5-6-10(12)3/h5-7,11H,4,8,14H2,1-3H3. The van der Waals surface area contributed by atoms with Crippen molar-refractivity contribution in [2.75, 3.05) is 13.2 Å².